The van der Waals surface area contributed by atoms with Crippen LogP contribution < -0.4 is 10.6 Å². The van der Waals surface area contributed by atoms with Gasteiger partial charge in [-0.1, -0.05) is 24.3 Å². The van der Waals surface area contributed by atoms with Crippen molar-refractivity contribution in [2.24, 2.45) is 4.99 Å². The molecule has 4 nitrogen and oxygen atoms in total. The number of amidine groups is 1. The van der Waals surface area contributed by atoms with Crippen LogP contribution in [0.25, 0.3) is 6.08 Å². The summed E-state index contributed by atoms with van der Waals surface area (Å²) in [4.78, 5) is 4.01. The van der Waals surface area contributed by atoms with Gasteiger partial charge in [-0.15, -0.1) is 12.6 Å². The molecule has 1 rings (SSSR count). The van der Waals surface area contributed by atoms with Gasteiger partial charge in [0, 0.05) is 12.7 Å². The first-order chi connectivity index (χ1) is 8.26. The summed E-state index contributed by atoms with van der Waals surface area (Å²) in [7, 11) is 1.88. The summed E-state index contributed by atoms with van der Waals surface area (Å²) in [5, 5.41) is 14.0. The van der Waals surface area contributed by atoms with Crippen molar-refractivity contribution in [3.63, 3.8) is 0 Å². The number of anilines is 1. The average Bonchev–Trinajstić information content (AvgIpc) is 2.36. The van der Waals surface area contributed by atoms with E-state index in [9.17, 15) is 0 Å². The highest BCUT2D eigenvalue weighted by molar-refractivity contribution is 7.96. The van der Waals surface area contributed by atoms with Crippen molar-refractivity contribution in [2.45, 2.75) is 0 Å². The lowest BCUT2D eigenvalue weighted by atomic mass is 10.2. The van der Waals surface area contributed by atoms with Crippen molar-refractivity contribution in [2.75, 3.05) is 18.9 Å². The molecule has 0 aliphatic heterocycles. The number of thiol groups is 1. The average molecular weight is 246 g/mol. The molecule has 2 N–H and O–H groups in total. The van der Waals surface area contributed by atoms with Crippen LogP contribution in [0.3, 0.4) is 0 Å². The van der Waals surface area contributed by atoms with E-state index in [1.54, 1.807) is 6.19 Å². The van der Waals surface area contributed by atoms with Gasteiger partial charge in [-0.2, -0.15) is 5.26 Å². The fraction of sp³-hybridized carbons (Fsp3) is 0.167. The summed E-state index contributed by atoms with van der Waals surface area (Å²) in [6.45, 7) is 0.487. The summed E-state index contributed by atoms with van der Waals surface area (Å²) < 4.78 is 0. The van der Waals surface area contributed by atoms with Crippen LogP contribution >= 0.6 is 12.6 Å². The normalized spacial score (nSPS) is 11.2. The molecule has 0 saturated carbocycles. The molecule has 0 atom stereocenters. The van der Waals surface area contributed by atoms with Gasteiger partial charge < -0.3 is 5.32 Å². The second kappa shape index (κ2) is 7.36. The van der Waals surface area contributed by atoms with Gasteiger partial charge in [0.2, 0.25) is 0 Å². The molecule has 0 amide bonds. The molecule has 5 heteroatoms. The number of aliphatic imine (C=N–C) groups is 1. The van der Waals surface area contributed by atoms with Crippen molar-refractivity contribution in [3.05, 3.63) is 35.9 Å². The molecule has 0 aromatic heterocycles. The zero-order chi connectivity index (χ0) is 12.5. The largest absolute Gasteiger partial charge is 0.388 e. The van der Waals surface area contributed by atoms with E-state index >= 15 is 0 Å². The van der Waals surface area contributed by atoms with Crippen LogP contribution in [-0.2, 0) is 0 Å². The molecule has 0 aliphatic rings. The van der Waals surface area contributed by atoms with E-state index in [1.165, 1.54) is 0 Å². The third-order valence-corrected chi connectivity index (χ3v) is 2.28. The predicted molar refractivity (Wildman–Crippen MR) is 75.1 cm³/mol. The van der Waals surface area contributed by atoms with Gasteiger partial charge in [-0.3, -0.25) is 10.3 Å². The fourth-order valence-electron chi connectivity index (χ4n) is 1.18. The van der Waals surface area contributed by atoms with Crippen LogP contribution in [0.4, 0.5) is 5.69 Å². The molecule has 0 fully saturated rings. The smallest absolute Gasteiger partial charge is 0.183 e. The third kappa shape index (κ3) is 5.09. The molecule has 1 aromatic rings. The third-order valence-electron chi connectivity index (χ3n) is 2.02. The number of hydrogen-bond donors (Lipinski definition) is 3. The first-order valence-electron chi connectivity index (χ1n) is 5.09. The lowest BCUT2D eigenvalue weighted by Crippen LogP contribution is -2.10. The van der Waals surface area contributed by atoms with Crippen molar-refractivity contribution in [3.8, 4) is 6.19 Å². The Morgan fingerprint density at radius 2 is 2.18 bits per heavy atom. The standard InChI is InChI=1S/C12H14N4S/c1-14-11-6-4-10(5-7-11)3-2-8-15-12(17)16-9-13/h2-7,14H,8H2,1H3,(H2,15,16,17). The van der Waals surface area contributed by atoms with Gasteiger partial charge in [0.05, 0.1) is 6.54 Å². The van der Waals surface area contributed by atoms with Crippen LogP contribution in [0.2, 0.25) is 0 Å². The van der Waals surface area contributed by atoms with E-state index in [2.05, 4.69) is 28.3 Å². The fourth-order valence-corrected chi connectivity index (χ4v) is 1.31. The van der Waals surface area contributed by atoms with E-state index in [0.29, 0.717) is 11.7 Å². The topological polar surface area (TPSA) is 60.2 Å². The summed E-state index contributed by atoms with van der Waals surface area (Å²) in [5.41, 5.74) is 2.18. The molecule has 0 aliphatic carbocycles. The van der Waals surface area contributed by atoms with E-state index < -0.39 is 0 Å². The first-order valence-corrected chi connectivity index (χ1v) is 5.54. The molecule has 1 aromatic carbocycles. The number of nitrogens with zero attached hydrogens (tertiary/aromatic N) is 2. The minimum absolute atomic E-state index is 0.322. The van der Waals surface area contributed by atoms with Crippen LogP contribution in [-0.4, -0.2) is 18.8 Å². The second-order valence-electron chi connectivity index (χ2n) is 3.18. The maximum Gasteiger partial charge on any atom is 0.183 e. The molecule has 0 saturated heterocycles. The zero-order valence-electron chi connectivity index (χ0n) is 9.51. The van der Waals surface area contributed by atoms with Crippen molar-refractivity contribution in [1.82, 2.24) is 5.32 Å². The number of benzene rings is 1. The lowest BCUT2D eigenvalue weighted by molar-refractivity contribution is 1.20. The van der Waals surface area contributed by atoms with Crippen molar-refractivity contribution >= 4 is 29.6 Å². The highest BCUT2D eigenvalue weighted by Gasteiger charge is 1.88. The zero-order valence-corrected chi connectivity index (χ0v) is 10.4. The highest BCUT2D eigenvalue weighted by Crippen LogP contribution is 2.09. The van der Waals surface area contributed by atoms with Gasteiger partial charge in [-0.25, -0.2) is 0 Å². The van der Waals surface area contributed by atoms with Crippen LogP contribution in [0, 0.1) is 11.5 Å². The Morgan fingerprint density at radius 1 is 1.47 bits per heavy atom. The van der Waals surface area contributed by atoms with E-state index in [4.69, 9.17) is 5.26 Å². The van der Waals surface area contributed by atoms with Gasteiger partial charge in [0.15, 0.2) is 11.4 Å². The second-order valence-corrected chi connectivity index (χ2v) is 3.60. The Kier molecular flexibility index (Phi) is 5.69. The van der Waals surface area contributed by atoms with Crippen LogP contribution in [0.5, 0.6) is 0 Å². The minimum atomic E-state index is 0.322. The van der Waals surface area contributed by atoms with Crippen molar-refractivity contribution < 1.29 is 0 Å². The summed E-state index contributed by atoms with van der Waals surface area (Å²) in [6.07, 6.45) is 5.63. The molecule has 0 bridgehead atoms. The SMILES string of the molecule is CNc1ccc(C=CCN=C(S)NC#N)cc1. The Balaban J connectivity index is 2.48. The molecule has 88 valence electrons. The Morgan fingerprint density at radius 3 is 2.76 bits per heavy atom. The monoisotopic (exact) mass is 246 g/mol. The predicted octanol–water partition coefficient (Wildman–Crippen LogP) is 2.10. The Bertz CT molecular complexity index is 443. The lowest BCUT2D eigenvalue weighted by Gasteiger charge is -1.99. The maximum absolute atomic E-state index is 8.31. The summed E-state index contributed by atoms with van der Waals surface area (Å²) in [5.74, 6) is 0. The molecular formula is C12H14N4S. The van der Waals surface area contributed by atoms with Gasteiger partial charge in [0.1, 0.15) is 0 Å². The molecule has 0 spiro atoms. The van der Waals surface area contributed by atoms with E-state index in [1.807, 2.05) is 43.5 Å². The molecular weight excluding hydrogens is 232 g/mol. The number of hydrogen-bond acceptors (Lipinski definition) is 3. The van der Waals surface area contributed by atoms with E-state index in [0.717, 1.165) is 11.3 Å². The maximum atomic E-state index is 8.31. The number of nitrogens with one attached hydrogen (secondary N) is 2. The quantitative estimate of drug-likeness (QED) is 0.251. The van der Waals surface area contributed by atoms with Crippen LogP contribution in [0.1, 0.15) is 5.56 Å². The summed E-state index contributed by atoms with van der Waals surface area (Å²) in [6, 6.07) is 8.04. The van der Waals surface area contributed by atoms with Crippen LogP contribution in [0.15, 0.2) is 35.3 Å². The Hall–Kier alpha value is -1.93. The highest BCUT2D eigenvalue weighted by atomic mass is 32.1. The van der Waals surface area contributed by atoms with Gasteiger partial charge in [0.25, 0.3) is 0 Å². The summed E-state index contributed by atoms with van der Waals surface area (Å²) >= 11 is 3.97. The molecule has 0 heterocycles. The van der Waals surface area contributed by atoms with Crippen molar-refractivity contribution in [1.29, 1.82) is 5.26 Å². The molecule has 0 radical (unpaired) electrons. The first kappa shape index (κ1) is 13.1. The minimum Gasteiger partial charge on any atom is -0.388 e. The molecule has 17 heavy (non-hydrogen) atoms. The molecule has 0 unspecified atom stereocenters. The number of rotatable bonds is 4. The number of nitriles is 1. The van der Waals surface area contributed by atoms with Gasteiger partial charge in [-0.05, 0) is 17.7 Å². The van der Waals surface area contributed by atoms with E-state index in [-0.39, 0.29) is 0 Å². The van der Waals surface area contributed by atoms with Gasteiger partial charge >= 0.3 is 0 Å². The Labute approximate surface area is 106 Å².